The zero-order chi connectivity index (χ0) is 15.4. The monoisotopic (exact) mass is 294 g/mol. The second-order valence-electron chi connectivity index (χ2n) is 5.46. The molecule has 0 aliphatic carbocycles. The molecule has 1 amide bonds. The number of rotatable bonds is 3. The lowest BCUT2D eigenvalue weighted by atomic mass is 9.97. The van der Waals surface area contributed by atoms with Crippen molar-refractivity contribution in [1.29, 1.82) is 0 Å². The first kappa shape index (κ1) is 15.6. The molecule has 0 saturated carbocycles. The number of hydrogen-bond acceptors (Lipinski definition) is 2. The van der Waals surface area contributed by atoms with Gasteiger partial charge in [-0.2, -0.15) is 0 Å². The maximum atomic E-state index is 13.7. The number of nitrogens with zero attached hydrogens (tertiary/aromatic N) is 1. The van der Waals surface area contributed by atoms with Gasteiger partial charge < -0.3 is 10.6 Å². The molecule has 1 aliphatic heterocycles. The number of piperidine rings is 1. The third-order valence-electron chi connectivity index (χ3n) is 3.96. The number of likely N-dealkylation sites (tertiary alicyclic amines) is 1. The van der Waals surface area contributed by atoms with Crippen LogP contribution in [0.15, 0.2) is 24.3 Å². The van der Waals surface area contributed by atoms with Crippen molar-refractivity contribution in [2.24, 2.45) is 11.7 Å². The van der Waals surface area contributed by atoms with Gasteiger partial charge in [0.25, 0.3) is 0 Å². The average Bonchev–Trinajstić information content (AvgIpc) is 2.47. The van der Waals surface area contributed by atoms with Crippen molar-refractivity contribution < 1.29 is 13.6 Å². The zero-order valence-corrected chi connectivity index (χ0v) is 12.1. The van der Waals surface area contributed by atoms with Gasteiger partial charge in [0.05, 0.1) is 0 Å². The number of carbonyl (C=O) groups is 1. The Bertz CT molecular complexity index is 549. The summed E-state index contributed by atoms with van der Waals surface area (Å²) in [7, 11) is 0. The van der Waals surface area contributed by atoms with Crippen LogP contribution in [0.5, 0.6) is 0 Å². The molecule has 1 saturated heterocycles. The molecule has 2 rings (SSSR count). The summed E-state index contributed by atoms with van der Waals surface area (Å²) >= 11 is 0. The lowest BCUT2D eigenvalue weighted by Crippen LogP contribution is -2.39. The number of amides is 1. The van der Waals surface area contributed by atoms with Crippen LogP contribution in [0.1, 0.15) is 25.3 Å². The van der Waals surface area contributed by atoms with E-state index in [1.807, 2.05) is 0 Å². The molecule has 0 radical (unpaired) electrons. The minimum Gasteiger partial charge on any atom is -0.339 e. The summed E-state index contributed by atoms with van der Waals surface area (Å²) in [5.74, 6) is -0.932. The quantitative estimate of drug-likeness (QED) is 0.871. The number of benzene rings is 1. The standard InChI is InChI=1S/C16H20F2N2O/c1-11(14-3-2-13(17)9-15(14)18)8-16(21)20-6-4-12(10-19)5-7-20/h2-3,8-9,12H,4-7,10,19H2,1H3. The first-order valence-corrected chi connectivity index (χ1v) is 7.14. The van der Waals surface area contributed by atoms with E-state index in [4.69, 9.17) is 5.73 Å². The first-order valence-electron chi connectivity index (χ1n) is 7.14. The van der Waals surface area contributed by atoms with Gasteiger partial charge in [-0.05, 0) is 49.9 Å². The Morgan fingerprint density at radius 2 is 2.05 bits per heavy atom. The maximum Gasteiger partial charge on any atom is 0.246 e. The molecular weight excluding hydrogens is 274 g/mol. The summed E-state index contributed by atoms with van der Waals surface area (Å²) < 4.78 is 26.6. The fourth-order valence-corrected chi connectivity index (χ4v) is 2.55. The number of hydrogen-bond donors (Lipinski definition) is 1. The third kappa shape index (κ3) is 3.88. The van der Waals surface area contributed by atoms with Crippen molar-refractivity contribution in [3.8, 4) is 0 Å². The SMILES string of the molecule is CC(=CC(=O)N1CCC(CN)CC1)c1ccc(F)cc1F. The predicted octanol–water partition coefficient (Wildman–Crippen LogP) is 2.57. The van der Waals surface area contributed by atoms with Gasteiger partial charge in [-0.25, -0.2) is 8.78 Å². The molecule has 1 aliphatic rings. The van der Waals surface area contributed by atoms with Gasteiger partial charge in [-0.3, -0.25) is 4.79 Å². The normalized spacial score (nSPS) is 17.1. The molecule has 3 nitrogen and oxygen atoms in total. The average molecular weight is 294 g/mol. The molecule has 0 spiro atoms. The van der Waals surface area contributed by atoms with E-state index in [-0.39, 0.29) is 11.5 Å². The minimum absolute atomic E-state index is 0.133. The molecular formula is C16H20F2N2O. The van der Waals surface area contributed by atoms with E-state index in [0.717, 1.165) is 18.9 Å². The van der Waals surface area contributed by atoms with E-state index in [0.29, 0.717) is 31.1 Å². The van der Waals surface area contributed by atoms with E-state index in [9.17, 15) is 13.6 Å². The summed E-state index contributed by atoms with van der Waals surface area (Å²) in [6.07, 6.45) is 3.22. The maximum absolute atomic E-state index is 13.7. The minimum atomic E-state index is -0.654. The highest BCUT2D eigenvalue weighted by molar-refractivity contribution is 5.95. The van der Waals surface area contributed by atoms with Crippen LogP contribution in [0.25, 0.3) is 5.57 Å². The Hall–Kier alpha value is -1.75. The molecule has 0 unspecified atom stereocenters. The van der Waals surface area contributed by atoms with Crippen LogP contribution in [0, 0.1) is 17.6 Å². The number of nitrogens with two attached hydrogens (primary N) is 1. The Morgan fingerprint density at radius 1 is 1.38 bits per heavy atom. The second-order valence-corrected chi connectivity index (χ2v) is 5.46. The van der Waals surface area contributed by atoms with Gasteiger partial charge in [-0.1, -0.05) is 0 Å². The molecule has 5 heteroatoms. The van der Waals surface area contributed by atoms with Crippen molar-refractivity contribution in [2.75, 3.05) is 19.6 Å². The number of halogens is 2. The smallest absolute Gasteiger partial charge is 0.246 e. The molecule has 1 aromatic rings. The van der Waals surface area contributed by atoms with Gasteiger partial charge in [-0.15, -0.1) is 0 Å². The van der Waals surface area contributed by atoms with Crippen LogP contribution in [0.3, 0.4) is 0 Å². The molecule has 0 bridgehead atoms. The summed E-state index contributed by atoms with van der Waals surface area (Å²) in [6.45, 7) is 3.66. The van der Waals surface area contributed by atoms with E-state index >= 15 is 0 Å². The predicted molar refractivity (Wildman–Crippen MR) is 78.4 cm³/mol. The summed E-state index contributed by atoms with van der Waals surface area (Å²) in [4.78, 5) is 13.9. The third-order valence-corrected chi connectivity index (χ3v) is 3.96. The largest absolute Gasteiger partial charge is 0.339 e. The van der Waals surface area contributed by atoms with Crippen LogP contribution < -0.4 is 5.73 Å². The lowest BCUT2D eigenvalue weighted by molar-refractivity contribution is -0.127. The van der Waals surface area contributed by atoms with E-state index in [1.54, 1.807) is 11.8 Å². The Morgan fingerprint density at radius 3 is 2.62 bits per heavy atom. The van der Waals surface area contributed by atoms with Crippen LogP contribution in [-0.2, 0) is 4.79 Å². The molecule has 2 N–H and O–H groups in total. The highest BCUT2D eigenvalue weighted by atomic mass is 19.1. The van der Waals surface area contributed by atoms with Gasteiger partial charge in [0.15, 0.2) is 0 Å². The van der Waals surface area contributed by atoms with Crippen LogP contribution in [-0.4, -0.2) is 30.4 Å². The molecule has 1 aromatic carbocycles. The van der Waals surface area contributed by atoms with Crippen molar-refractivity contribution in [1.82, 2.24) is 4.90 Å². The van der Waals surface area contributed by atoms with Crippen molar-refractivity contribution in [2.45, 2.75) is 19.8 Å². The summed E-state index contributed by atoms with van der Waals surface area (Å²) in [5.41, 5.74) is 6.37. The highest BCUT2D eigenvalue weighted by Gasteiger charge is 2.21. The molecule has 21 heavy (non-hydrogen) atoms. The van der Waals surface area contributed by atoms with Crippen molar-refractivity contribution in [3.63, 3.8) is 0 Å². The van der Waals surface area contributed by atoms with Gasteiger partial charge in [0.1, 0.15) is 11.6 Å². The molecule has 0 aromatic heterocycles. The Kier molecular flexibility index (Phi) is 5.07. The van der Waals surface area contributed by atoms with Gasteiger partial charge in [0.2, 0.25) is 5.91 Å². The van der Waals surface area contributed by atoms with E-state index in [2.05, 4.69) is 0 Å². The van der Waals surface area contributed by atoms with E-state index in [1.165, 1.54) is 18.2 Å². The van der Waals surface area contributed by atoms with Gasteiger partial charge >= 0.3 is 0 Å². The first-order chi connectivity index (χ1) is 10.0. The lowest BCUT2D eigenvalue weighted by Gasteiger charge is -2.30. The van der Waals surface area contributed by atoms with E-state index < -0.39 is 11.6 Å². The molecule has 1 heterocycles. The summed E-state index contributed by atoms with van der Waals surface area (Å²) in [6, 6.07) is 3.36. The molecule has 114 valence electrons. The Balaban J connectivity index is 2.06. The van der Waals surface area contributed by atoms with Crippen LogP contribution in [0.4, 0.5) is 8.78 Å². The topological polar surface area (TPSA) is 46.3 Å². The second kappa shape index (κ2) is 6.80. The summed E-state index contributed by atoms with van der Waals surface area (Å²) in [5, 5.41) is 0. The van der Waals surface area contributed by atoms with Crippen LogP contribution >= 0.6 is 0 Å². The zero-order valence-electron chi connectivity index (χ0n) is 12.1. The Labute approximate surface area is 123 Å². The fraction of sp³-hybridized carbons (Fsp3) is 0.438. The van der Waals surface area contributed by atoms with Crippen molar-refractivity contribution >= 4 is 11.5 Å². The number of carbonyl (C=O) groups excluding carboxylic acids is 1. The van der Waals surface area contributed by atoms with Gasteiger partial charge in [0, 0.05) is 30.8 Å². The fourth-order valence-electron chi connectivity index (χ4n) is 2.55. The molecule has 1 fully saturated rings. The van der Waals surface area contributed by atoms with Crippen molar-refractivity contribution in [3.05, 3.63) is 41.5 Å². The highest BCUT2D eigenvalue weighted by Crippen LogP contribution is 2.20. The molecule has 0 atom stereocenters. The number of allylic oxidation sites excluding steroid dienone is 1. The van der Waals surface area contributed by atoms with Crippen LogP contribution in [0.2, 0.25) is 0 Å².